The van der Waals surface area contributed by atoms with Crippen LogP contribution in [0.3, 0.4) is 0 Å². The van der Waals surface area contributed by atoms with Gasteiger partial charge in [-0.25, -0.2) is 4.39 Å². The minimum Gasteiger partial charge on any atom is -0.370 e. The highest BCUT2D eigenvalue weighted by Gasteiger charge is 2.39. The Kier molecular flexibility index (Phi) is 4.97. The van der Waals surface area contributed by atoms with Crippen molar-refractivity contribution in [2.24, 2.45) is 10.7 Å². The summed E-state index contributed by atoms with van der Waals surface area (Å²) in [5.41, 5.74) is 8.55. The quantitative estimate of drug-likeness (QED) is 0.667. The van der Waals surface area contributed by atoms with Crippen LogP contribution in [0.5, 0.6) is 0 Å². The number of hydrogen-bond donors (Lipinski definition) is 1. The van der Waals surface area contributed by atoms with Gasteiger partial charge in [-0.1, -0.05) is 12.5 Å². The van der Waals surface area contributed by atoms with Gasteiger partial charge in [-0.2, -0.15) is 0 Å². The highest BCUT2D eigenvalue weighted by Crippen LogP contribution is 2.43. The molecule has 0 bridgehead atoms. The summed E-state index contributed by atoms with van der Waals surface area (Å²) in [6, 6.07) is 12.8. The predicted octanol–water partition coefficient (Wildman–Crippen LogP) is 2.78. The Morgan fingerprint density at radius 3 is 2.41 bits per heavy atom. The standard InChI is InChI=1S/C21H26FN5/c22-17-5-7-18(8-6-17)26-12-14-27(15-13-26)20(23)25-16-21(9-3-10-21)19-4-1-2-11-24-19/h1-2,4-8,11H,3,9-10,12-16H2,(H2,23,25). The first-order chi connectivity index (χ1) is 13.2. The molecule has 1 aliphatic carbocycles. The molecule has 0 atom stereocenters. The van der Waals surface area contributed by atoms with Crippen molar-refractivity contribution in [3.8, 4) is 0 Å². The van der Waals surface area contributed by atoms with Gasteiger partial charge in [-0.05, 0) is 49.2 Å². The van der Waals surface area contributed by atoms with Crippen LogP contribution in [0, 0.1) is 5.82 Å². The number of aromatic nitrogens is 1. The van der Waals surface area contributed by atoms with E-state index in [1.54, 1.807) is 0 Å². The number of aliphatic imine (C=N–C) groups is 1. The number of benzene rings is 1. The number of nitrogens with two attached hydrogens (primary N) is 1. The van der Waals surface area contributed by atoms with Gasteiger partial charge >= 0.3 is 0 Å². The van der Waals surface area contributed by atoms with Crippen molar-refractivity contribution in [3.05, 3.63) is 60.2 Å². The zero-order valence-corrected chi connectivity index (χ0v) is 15.5. The lowest BCUT2D eigenvalue weighted by Crippen LogP contribution is -2.51. The molecule has 1 saturated heterocycles. The van der Waals surface area contributed by atoms with E-state index in [-0.39, 0.29) is 11.2 Å². The van der Waals surface area contributed by atoms with Gasteiger partial charge in [0.25, 0.3) is 0 Å². The Morgan fingerprint density at radius 1 is 1.07 bits per heavy atom. The third kappa shape index (κ3) is 3.75. The topological polar surface area (TPSA) is 57.8 Å². The second-order valence-corrected chi connectivity index (χ2v) is 7.47. The lowest BCUT2D eigenvalue weighted by atomic mass is 9.66. The van der Waals surface area contributed by atoms with Gasteiger partial charge in [-0.15, -0.1) is 0 Å². The number of halogens is 1. The van der Waals surface area contributed by atoms with Crippen molar-refractivity contribution < 1.29 is 4.39 Å². The largest absolute Gasteiger partial charge is 0.370 e. The van der Waals surface area contributed by atoms with E-state index in [9.17, 15) is 4.39 Å². The molecule has 2 heterocycles. The SMILES string of the molecule is NC(=NCC1(c2ccccn2)CCC1)N1CCN(c2ccc(F)cc2)CC1. The molecule has 6 heteroatoms. The normalized spacial score (nSPS) is 19.7. The summed E-state index contributed by atoms with van der Waals surface area (Å²) in [5.74, 6) is 0.419. The number of piperazine rings is 1. The molecule has 27 heavy (non-hydrogen) atoms. The molecule has 0 amide bonds. The molecule has 5 nitrogen and oxygen atoms in total. The van der Waals surface area contributed by atoms with Crippen molar-refractivity contribution in [1.82, 2.24) is 9.88 Å². The monoisotopic (exact) mass is 367 g/mol. The summed E-state index contributed by atoms with van der Waals surface area (Å²) in [7, 11) is 0. The summed E-state index contributed by atoms with van der Waals surface area (Å²) in [6.07, 6.45) is 5.33. The van der Waals surface area contributed by atoms with Crippen LogP contribution < -0.4 is 10.6 Å². The molecule has 2 N–H and O–H groups in total. The fourth-order valence-corrected chi connectivity index (χ4v) is 3.95. The van der Waals surface area contributed by atoms with Gasteiger partial charge in [-0.3, -0.25) is 9.98 Å². The number of nitrogens with zero attached hydrogens (tertiary/aromatic N) is 4. The number of rotatable bonds is 4. The van der Waals surface area contributed by atoms with E-state index in [1.807, 2.05) is 30.5 Å². The van der Waals surface area contributed by atoms with Gasteiger partial charge in [0.05, 0.1) is 6.54 Å². The van der Waals surface area contributed by atoms with E-state index >= 15 is 0 Å². The van der Waals surface area contributed by atoms with Crippen molar-refractivity contribution in [2.45, 2.75) is 24.7 Å². The second-order valence-electron chi connectivity index (χ2n) is 7.47. The van der Waals surface area contributed by atoms with Crippen LogP contribution in [0.25, 0.3) is 0 Å². The smallest absolute Gasteiger partial charge is 0.191 e. The van der Waals surface area contributed by atoms with Crippen molar-refractivity contribution in [3.63, 3.8) is 0 Å². The number of anilines is 1. The lowest BCUT2D eigenvalue weighted by Gasteiger charge is -2.41. The minimum atomic E-state index is -0.202. The highest BCUT2D eigenvalue weighted by molar-refractivity contribution is 5.78. The first-order valence-electron chi connectivity index (χ1n) is 9.63. The molecule has 0 spiro atoms. The molecular formula is C21H26FN5. The molecule has 1 aliphatic heterocycles. The Bertz CT molecular complexity index is 778. The first kappa shape index (κ1) is 17.8. The zero-order chi connectivity index (χ0) is 18.7. The van der Waals surface area contributed by atoms with Crippen LogP contribution in [-0.4, -0.2) is 48.6 Å². The van der Waals surface area contributed by atoms with E-state index in [0.29, 0.717) is 12.5 Å². The van der Waals surface area contributed by atoms with E-state index in [1.165, 1.54) is 18.6 Å². The molecule has 2 aliphatic rings. The lowest BCUT2D eigenvalue weighted by molar-refractivity contribution is 0.245. The van der Waals surface area contributed by atoms with Gasteiger partial charge in [0.15, 0.2) is 5.96 Å². The Labute approximate surface area is 159 Å². The van der Waals surface area contributed by atoms with Crippen molar-refractivity contribution >= 4 is 11.6 Å². The van der Waals surface area contributed by atoms with Crippen LogP contribution >= 0.6 is 0 Å². The van der Waals surface area contributed by atoms with Crippen LogP contribution in [0.2, 0.25) is 0 Å². The van der Waals surface area contributed by atoms with Crippen molar-refractivity contribution in [2.75, 3.05) is 37.6 Å². The van der Waals surface area contributed by atoms with Gasteiger partial charge < -0.3 is 15.5 Å². The maximum Gasteiger partial charge on any atom is 0.191 e. The Balaban J connectivity index is 1.36. The third-order valence-electron chi connectivity index (χ3n) is 5.86. The Morgan fingerprint density at radius 2 is 1.81 bits per heavy atom. The molecule has 2 aromatic rings. The second kappa shape index (κ2) is 7.55. The molecule has 1 aromatic heterocycles. The third-order valence-corrected chi connectivity index (χ3v) is 5.86. The number of guanidine groups is 1. The Hall–Kier alpha value is -2.63. The summed E-state index contributed by atoms with van der Waals surface area (Å²) in [6.45, 7) is 4.06. The predicted molar refractivity (Wildman–Crippen MR) is 106 cm³/mol. The van der Waals surface area contributed by atoms with Crippen LogP contribution in [0.4, 0.5) is 10.1 Å². The molecule has 142 valence electrons. The summed E-state index contributed by atoms with van der Waals surface area (Å²) in [5, 5.41) is 0. The summed E-state index contributed by atoms with van der Waals surface area (Å²) < 4.78 is 13.1. The van der Waals surface area contributed by atoms with E-state index in [4.69, 9.17) is 10.7 Å². The molecule has 4 rings (SSSR count). The van der Waals surface area contributed by atoms with E-state index in [2.05, 4.69) is 20.9 Å². The fraction of sp³-hybridized carbons (Fsp3) is 0.429. The molecular weight excluding hydrogens is 341 g/mol. The number of pyridine rings is 1. The summed E-state index contributed by atoms with van der Waals surface area (Å²) in [4.78, 5) is 13.7. The van der Waals surface area contributed by atoms with Gasteiger partial charge in [0.2, 0.25) is 0 Å². The molecule has 0 radical (unpaired) electrons. The maximum absolute atomic E-state index is 13.1. The maximum atomic E-state index is 13.1. The molecule has 1 aromatic carbocycles. The average molecular weight is 367 g/mol. The van der Waals surface area contributed by atoms with Gasteiger partial charge in [0, 0.05) is 49.2 Å². The molecule has 1 saturated carbocycles. The fourth-order valence-electron chi connectivity index (χ4n) is 3.95. The van der Waals surface area contributed by atoms with E-state index < -0.39 is 0 Å². The number of hydrogen-bond acceptors (Lipinski definition) is 3. The van der Waals surface area contributed by atoms with Crippen molar-refractivity contribution in [1.29, 1.82) is 0 Å². The van der Waals surface area contributed by atoms with Crippen LogP contribution in [0.1, 0.15) is 25.0 Å². The first-order valence-corrected chi connectivity index (χ1v) is 9.63. The highest BCUT2D eigenvalue weighted by atomic mass is 19.1. The van der Waals surface area contributed by atoms with Gasteiger partial charge in [0.1, 0.15) is 5.82 Å². The van der Waals surface area contributed by atoms with E-state index in [0.717, 1.165) is 50.4 Å². The molecule has 2 fully saturated rings. The minimum absolute atomic E-state index is 0.0574. The van der Waals surface area contributed by atoms with Crippen LogP contribution in [-0.2, 0) is 5.41 Å². The zero-order valence-electron chi connectivity index (χ0n) is 15.5. The van der Waals surface area contributed by atoms with Crippen LogP contribution in [0.15, 0.2) is 53.7 Å². The average Bonchev–Trinajstić information content (AvgIpc) is 2.68. The molecule has 0 unspecified atom stereocenters. The summed E-state index contributed by atoms with van der Waals surface area (Å²) >= 11 is 0.